The van der Waals surface area contributed by atoms with Crippen molar-refractivity contribution in [3.8, 4) is 5.75 Å². The number of rotatable bonds is 7. The Balaban J connectivity index is 1.86. The summed E-state index contributed by atoms with van der Waals surface area (Å²) >= 11 is 0. The van der Waals surface area contributed by atoms with E-state index in [0.29, 0.717) is 0 Å². The van der Waals surface area contributed by atoms with Crippen molar-refractivity contribution >= 4 is 11.0 Å². The number of para-hydroxylation sites is 2. The summed E-state index contributed by atoms with van der Waals surface area (Å²) in [6.07, 6.45) is 3.14. The summed E-state index contributed by atoms with van der Waals surface area (Å²) in [6, 6.07) is 16.8. The number of hydrogen-bond donors (Lipinski definition) is 0. The van der Waals surface area contributed by atoms with E-state index in [1.807, 2.05) is 0 Å². The molecule has 0 saturated heterocycles. The fourth-order valence-corrected chi connectivity index (χ4v) is 2.81. The van der Waals surface area contributed by atoms with Crippen LogP contribution < -0.4 is 4.74 Å². The topological polar surface area (TPSA) is 27.1 Å². The van der Waals surface area contributed by atoms with Crippen molar-refractivity contribution in [2.45, 2.75) is 39.7 Å². The molecule has 0 amide bonds. The third kappa shape index (κ3) is 3.55. The fourth-order valence-electron chi connectivity index (χ4n) is 2.81. The SMILES string of the molecule is CCCOc1ccc(Cn2c(CCC)nc3ccccc32)cc1. The first-order valence-electron chi connectivity index (χ1n) is 8.47. The van der Waals surface area contributed by atoms with Crippen LogP contribution in [-0.4, -0.2) is 16.2 Å². The lowest BCUT2D eigenvalue weighted by Crippen LogP contribution is -2.05. The Bertz CT molecular complexity index is 759. The molecule has 0 radical (unpaired) electrons. The van der Waals surface area contributed by atoms with E-state index in [9.17, 15) is 0 Å². The molecule has 120 valence electrons. The maximum absolute atomic E-state index is 5.66. The molecule has 0 aliphatic heterocycles. The first-order valence-corrected chi connectivity index (χ1v) is 8.47. The lowest BCUT2D eigenvalue weighted by Gasteiger charge is -2.10. The van der Waals surface area contributed by atoms with Gasteiger partial charge in [0.25, 0.3) is 0 Å². The number of hydrogen-bond acceptors (Lipinski definition) is 2. The molecule has 23 heavy (non-hydrogen) atoms. The average molecular weight is 308 g/mol. The number of ether oxygens (including phenoxy) is 1. The van der Waals surface area contributed by atoms with E-state index in [0.717, 1.165) is 43.7 Å². The third-order valence-electron chi connectivity index (χ3n) is 3.94. The molecule has 3 rings (SSSR count). The predicted octanol–water partition coefficient (Wildman–Crippen LogP) is 4.83. The van der Waals surface area contributed by atoms with Gasteiger partial charge in [-0.25, -0.2) is 4.98 Å². The van der Waals surface area contributed by atoms with Gasteiger partial charge >= 0.3 is 0 Å². The van der Waals surface area contributed by atoms with Crippen LogP contribution in [0.1, 0.15) is 38.1 Å². The van der Waals surface area contributed by atoms with Crippen molar-refractivity contribution < 1.29 is 4.74 Å². The minimum absolute atomic E-state index is 0.770. The summed E-state index contributed by atoms with van der Waals surface area (Å²) < 4.78 is 7.99. The zero-order valence-electron chi connectivity index (χ0n) is 14.0. The maximum atomic E-state index is 5.66. The Hall–Kier alpha value is -2.29. The first kappa shape index (κ1) is 15.6. The second-order valence-corrected chi connectivity index (χ2v) is 5.85. The smallest absolute Gasteiger partial charge is 0.119 e. The summed E-state index contributed by atoms with van der Waals surface area (Å²) in [5.41, 5.74) is 3.57. The molecule has 0 saturated carbocycles. The zero-order valence-corrected chi connectivity index (χ0v) is 14.0. The van der Waals surface area contributed by atoms with Gasteiger partial charge in [-0.2, -0.15) is 0 Å². The van der Waals surface area contributed by atoms with Gasteiger partial charge in [0, 0.05) is 13.0 Å². The number of aryl methyl sites for hydroxylation is 1. The van der Waals surface area contributed by atoms with Crippen LogP contribution >= 0.6 is 0 Å². The number of benzene rings is 2. The van der Waals surface area contributed by atoms with Gasteiger partial charge in [-0.05, 0) is 42.7 Å². The summed E-state index contributed by atoms with van der Waals surface area (Å²) in [5.74, 6) is 2.11. The first-order chi connectivity index (χ1) is 11.3. The number of fused-ring (bicyclic) bond motifs is 1. The lowest BCUT2D eigenvalue weighted by molar-refractivity contribution is 0.317. The molecule has 3 heteroatoms. The highest BCUT2D eigenvalue weighted by Gasteiger charge is 2.10. The standard InChI is InChI=1S/C20H24N2O/c1-3-7-20-21-18-8-5-6-9-19(18)22(20)15-16-10-12-17(13-11-16)23-14-4-2/h5-6,8-13H,3-4,7,14-15H2,1-2H3. The predicted molar refractivity (Wildman–Crippen MR) is 95.1 cm³/mol. The van der Waals surface area contributed by atoms with Gasteiger partial charge < -0.3 is 9.30 Å². The van der Waals surface area contributed by atoms with E-state index in [1.54, 1.807) is 0 Å². The van der Waals surface area contributed by atoms with Crippen LogP contribution in [0.15, 0.2) is 48.5 Å². The van der Waals surface area contributed by atoms with Crippen molar-refractivity contribution in [3.05, 3.63) is 59.9 Å². The second kappa shape index (κ2) is 7.32. The van der Waals surface area contributed by atoms with Crippen molar-refractivity contribution in [3.63, 3.8) is 0 Å². The van der Waals surface area contributed by atoms with E-state index in [-0.39, 0.29) is 0 Å². The zero-order chi connectivity index (χ0) is 16.1. The van der Waals surface area contributed by atoms with Crippen LogP contribution in [0.3, 0.4) is 0 Å². The summed E-state index contributed by atoms with van der Waals surface area (Å²) in [6.45, 7) is 5.94. The van der Waals surface area contributed by atoms with Crippen LogP contribution in [0.4, 0.5) is 0 Å². The van der Waals surface area contributed by atoms with Crippen molar-refractivity contribution in [1.29, 1.82) is 0 Å². The van der Waals surface area contributed by atoms with E-state index in [1.165, 1.54) is 16.9 Å². The second-order valence-electron chi connectivity index (χ2n) is 5.85. The van der Waals surface area contributed by atoms with Gasteiger partial charge in [0.15, 0.2) is 0 Å². The Morgan fingerprint density at radius 1 is 0.957 bits per heavy atom. The van der Waals surface area contributed by atoms with E-state index >= 15 is 0 Å². The molecular weight excluding hydrogens is 284 g/mol. The number of imidazole rings is 1. The highest BCUT2D eigenvalue weighted by atomic mass is 16.5. The third-order valence-corrected chi connectivity index (χ3v) is 3.94. The summed E-state index contributed by atoms with van der Waals surface area (Å²) in [7, 11) is 0. The minimum Gasteiger partial charge on any atom is -0.494 e. The van der Waals surface area contributed by atoms with Gasteiger partial charge in [0.2, 0.25) is 0 Å². The van der Waals surface area contributed by atoms with E-state index < -0.39 is 0 Å². The molecule has 2 aromatic carbocycles. The Labute approximate surface area is 137 Å². The van der Waals surface area contributed by atoms with Crippen LogP contribution in [0.5, 0.6) is 5.75 Å². The minimum atomic E-state index is 0.770. The molecule has 0 unspecified atom stereocenters. The summed E-state index contributed by atoms with van der Waals surface area (Å²) in [5, 5.41) is 0. The van der Waals surface area contributed by atoms with Gasteiger partial charge in [-0.1, -0.05) is 38.1 Å². The monoisotopic (exact) mass is 308 g/mol. The van der Waals surface area contributed by atoms with Crippen LogP contribution in [0.25, 0.3) is 11.0 Å². The van der Waals surface area contributed by atoms with Crippen LogP contribution in [-0.2, 0) is 13.0 Å². The Morgan fingerprint density at radius 2 is 1.74 bits per heavy atom. The maximum Gasteiger partial charge on any atom is 0.119 e. The summed E-state index contributed by atoms with van der Waals surface area (Å²) in [4.78, 5) is 4.79. The molecule has 1 aromatic heterocycles. The van der Waals surface area contributed by atoms with Gasteiger partial charge in [0.05, 0.1) is 17.6 Å². The Kier molecular flexibility index (Phi) is 4.96. The molecule has 0 aliphatic carbocycles. The van der Waals surface area contributed by atoms with Crippen molar-refractivity contribution in [2.24, 2.45) is 0 Å². The molecule has 0 N–H and O–H groups in total. The molecule has 1 heterocycles. The quantitative estimate of drug-likeness (QED) is 0.625. The van der Waals surface area contributed by atoms with Gasteiger partial charge in [-0.15, -0.1) is 0 Å². The average Bonchev–Trinajstić information content (AvgIpc) is 2.92. The molecule has 3 nitrogen and oxygen atoms in total. The lowest BCUT2D eigenvalue weighted by atomic mass is 10.2. The highest BCUT2D eigenvalue weighted by Crippen LogP contribution is 2.20. The molecular formula is C20H24N2O. The Morgan fingerprint density at radius 3 is 2.48 bits per heavy atom. The van der Waals surface area contributed by atoms with Crippen LogP contribution in [0, 0.1) is 0 Å². The van der Waals surface area contributed by atoms with Crippen molar-refractivity contribution in [1.82, 2.24) is 9.55 Å². The van der Waals surface area contributed by atoms with Crippen LogP contribution in [0.2, 0.25) is 0 Å². The molecule has 0 aliphatic rings. The normalized spacial score (nSPS) is 11.0. The van der Waals surface area contributed by atoms with Gasteiger partial charge in [0.1, 0.15) is 11.6 Å². The number of nitrogens with zero attached hydrogens (tertiary/aromatic N) is 2. The molecule has 0 bridgehead atoms. The largest absolute Gasteiger partial charge is 0.494 e. The van der Waals surface area contributed by atoms with Gasteiger partial charge in [-0.3, -0.25) is 0 Å². The van der Waals surface area contributed by atoms with Crippen molar-refractivity contribution in [2.75, 3.05) is 6.61 Å². The van der Waals surface area contributed by atoms with E-state index in [4.69, 9.17) is 9.72 Å². The highest BCUT2D eigenvalue weighted by molar-refractivity contribution is 5.76. The molecule has 0 fully saturated rings. The number of aromatic nitrogens is 2. The fraction of sp³-hybridized carbons (Fsp3) is 0.350. The van der Waals surface area contributed by atoms with E-state index in [2.05, 4.69) is 66.9 Å². The molecule has 3 aromatic rings. The molecule has 0 spiro atoms. The molecule has 0 atom stereocenters.